The average Bonchev–Trinajstić information content (AvgIpc) is 2.76. The van der Waals surface area contributed by atoms with E-state index in [4.69, 9.17) is 25.1 Å². The summed E-state index contributed by atoms with van der Waals surface area (Å²) in [7, 11) is 0. The van der Waals surface area contributed by atoms with Gasteiger partial charge in [0.2, 0.25) is 0 Å². The zero-order chi connectivity index (χ0) is 12.8. The van der Waals surface area contributed by atoms with Crippen LogP contribution in [0.5, 0.6) is 0 Å². The third kappa shape index (κ3) is 3.61. The number of hydrogen-bond acceptors (Lipinski definition) is 3. The topological polar surface area (TPSA) is 98.4 Å². The number of rotatable bonds is 0. The highest BCUT2D eigenvalue weighted by Gasteiger charge is 2.09. The maximum absolute atomic E-state index is 9.10. The second-order valence-corrected chi connectivity index (χ2v) is 3.56. The molecule has 0 aliphatic heterocycles. The maximum atomic E-state index is 9.10. The van der Waals surface area contributed by atoms with Crippen LogP contribution in [0.15, 0.2) is 18.2 Å². The van der Waals surface area contributed by atoms with Crippen molar-refractivity contribution in [3.8, 4) is 6.07 Å². The van der Waals surface area contributed by atoms with E-state index in [1.54, 1.807) is 0 Å². The Bertz CT molecular complexity index is 476. The first-order valence-corrected chi connectivity index (χ1v) is 5.02. The lowest BCUT2D eigenvalue weighted by atomic mass is 10.1. The van der Waals surface area contributed by atoms with E-state index in [0.717, 1.165) is 12.0 Å². The fourth-order valence-corrected chi connectivity index (χ4v) is 1.64. The van der Waals surface area contributed by atoms with Crippen molar-refractivity contribution in [2.45, 2.75) is 19.3 Å². The Kier molecular flexibility index (Phi) is 4.23. The molecule has 0 heterocycles. The summed E-state index contributed by atoms with van der Waals surface area (Å²) in [5.41, 5.74) is 3.61. The standard InChI is InChI=1S/C10H9N.C2H2O4/c11-7-8-4-5-9-2-1-3-10(9)6-8;3-1(4)2(5)6/h4-6H,1-3H2;(H,3,4)(H,5,6). The Morgan fingerprint density at radius 3 is 2.24 bits per heavy atom. The Hall–Kier alpha value is -2.35. The van der Waals surface area contributed by atoms with Gasteiger partial charge in [-0.05, 0) is 42.5 Å². The van der Waals surface area contributed by atoms with Crippen LogP contribution in [0.1, 0.15) is 23.1 Å². The predicted molar refractivity (Wildman–Crippen MR) is 58.5 cm³/mol. The van der Waals surface area contributed by atoms with Gasteiger partial charge in [0, 0.05) is 0 Å². The minimum atomic E-state index is -1.82. The molecule has 0 aromatic heterocycles. The van der Waals surface area contributed by atoms with E-state index in [2.05, 4.69) is 12.1 Å². The van der Waals surface area contributed by atoms with Gasteiger partial charge >= 0.3 is 11.9 Å². The first kappa shape index (κ1) is 12.7. The molecular formula is C12H11NO4. The molecule has 1 aliphatic rings. The van der Waals surface area contributed by atoms with Gasteiger partial charge in [0.25, 0.3) is 0 Å². The lowest BCUT2D eigenvalue weighted by Crippen LogP contribution is -2.09. The molecule has 0 bridgehead atoms. The number of carboxylic acids is 2. The smallest absolute Gasteiger partial charge is 0.414 e. The van der Waals surface area contributed by atoms with E-state index in [1.807, 2.05) is 12.1 Å². The first-order chi connectivity index (χ1) is 8.04. The third-order valence-electron chi connectivity index (χ3n) is 2.41. The summed E-state index contributed by atoms with van der Waals surface area (Å²) in [6.45, 7) is 0. The summed E-state index contributed by atoms with van der Waals surface area (Å²) in [5.74, 6) is -3.65. The van der Waals surface area contributed by atoms with Crippen molar-refractivity contribution in [3.05, 3.63) is 34.9 Å². The second-order valence-electron chi connectivity index (χ2n) is 3.56. The van der Waals surface area contributed by atoms with Crippen molar-refractivity contribution in [2.24, 2.45) is 0 Å². The van der Waals surface area contributed by atoms with Crippen molar-refractivity contribution in [1.82, 2.24) is 0 Å². The molecule has 0 amide bonds. The number of aryl methyl sites for hydroxylation is 2. The predicted octanol–water partition coefficient (Wildman–Crippen LogP) is 1.20. The normalized spacial score (nSPS) is 11.7. The van der Waals surface area contributed by atoms with E-state index in [-0.39, 0.29) is 0 Å². The van der Waals surface area contributed by atoms with Crippen LogP contribution in [0.2, 0.25) is 0 Å². The summed E-state index contributed by atoms with van der Waals surface area (Å²) >= 11 is 0. The summed E-state index contributed by atoms with van der Waals surface area (Å²) in [4.78, 5) is 18.2. The molecule has 88 valence electrons. The largest absolute Gasteiger partial charge is 0.473 e. The van der Waals surface area contributed by atoms with Gasteiger partial charge in [-0.1, -0.05) is 6.07 Å². The summed E-state index contributed by atoms with van der Waals surface area (Å²) in [6.07, 6.45) is 3.61. The Morgan fingerprint density at radius 1 is 1.12 bits per heavy atom. The van der Waals surface area contributed by atoms with Crippen molar-refractivity contribution >= 4 is 11.9 Å². The molecule has 0 radical (unpaired) electrons. The van der Waals surface area contributed by atoms with E-state index >= 15 is 0 Å². The number of nitrogens with zero attached hydrogens (tertiary/aromatic N) is 1. The molecule has 0 unspecified atom stereocenters. The van der Waals surface area contributed by atoms with Crippen LogP contribution in [0.4, 0.5) is 0 Å². The molecule has 1 aromatic carbocycles. The van der Waals surface area contributed by atoms with Gasteiger partial charge in [-0.25, -0.2) is 9.59 Å². The van der Waals surface area contributed by atoms with Crippen LogP contribution < -0.4 is 0 Å². The molecule has 0 atom stereocenters. The van der Waals surface area contributed by atoms with Crippen LogP contribution in [0.25, 0.3) is 0 Å². The molecule has 17 heavy (non-hydrogen) atoms. The Morgan fingerprint density at radius 2 is 1.71 bits per heavy atom. The van der Waals surface area contributed by atoms with Crippen LogP contribution in [0.3, 0.4) is 0 Å². The molecule has 5 heteroatoms. The molecule has 5 nitrogen and oxygen atoms in total. The molecule has 0 saturated carbocycles. The van der Waals surface area contributed by atoms with Gasteiger partial charge in [0.15, 0.2) is 0 Å². The van der Waals surface area contributed by atoms with Crippen LogP contribution in [-0.2, 0) is 22.4 Å². The fraction of sp³-hybridized carbons (Fsp3) is 0.250. The van der Waals surface area contributed by atoms with Crippen LogP contribution >= 0.6 is 0 Å². The molecule has 1 aromatic rings. The summed E-state index contributed by atoms with van der Waals surface area (Å²) in [5, 5.41) is 23.4. The highest BCUT2D eigenvalue weighted by Crippen LogP contribution is 2.22. The SMILES string of the molecule is N#Cc1ccc2c(c1)CCC2.O=C(O)C(=O)O. The lowest BCUT2D eigenvalue weighted by molar-refractivity contribution is -0.159. The van der Waals surface area contributed by atoms with Crippen molar-refractivity contribution in [2.75, 3.05) is 0 Å². The average molecular weight is 233 g/mol. The Labute approximate surface area is 97.9 Å². The van der Waals surface area contributed by atoms with Gasteiger partial charge in [0.1, 0.15) is 0 Å². The molecule has 2 rings (SSSR count). The molecule has 0 spiro atoms. The van der Waals surface area contributed by atoms with E-state index in [0.29, 0.717) is 0 Å². The van der Waals surface area contributed by atoms with Gasteiger partial charge in [-0.3, -0.25) is 0 Å². The van der Waals surface area contributed by atoms with Gasteiger partial charge in [0.05, 0.1) is 11.6 Å². The summed E-state index contributed by atoms with van der Waals surface area (Å²) in [6, 6.07) is 8.16. The molecular weight excluding hydrogens is 222 g/mol. The number of carboxylic acid groups (broad SMARTS) is 2. The lowest BCUT2D eigenvalue weighted by Gasteiger charge is -1.96. The third-order valence-corrected chi connectivity index (χ3v) is 2.41. The van der Waals surface area contributed by atoms with Crippen LogP contribution in [0, 0.1) is 11.3 Å². The van der Waals surface area contributed by atoms with E-state index in [9.17, 15) is 0 Å². The monoisotopic (exact) mass is 233 g/mol. The van der Waals surface area contributed by atoms with Gasteiger partial charge in [-0.2, -0.15) is 5.26 Å². The number of benzene rings is 1. The zero-order valence-electron chi connectivity index (χ0n) is 9.01. The summed E-state index contributed by atoms with van der Waals surface area (Å²) < 4.78 is 0. The second kappa shape index (κ2) is 5.66. The Balaban J connectivity index is 0.000000209. The number of aliphatic carboxylic acids is 2. The fourth-order valence-electron chi connectivity index (χ4n) is 1.64. The van der Waals surface area contributed by atoms with Crippen molar-refractivity contribution in [3.63, 3.8) is 0 Å². The molecule has 2 N–H and O–H groups in total. The van der Waals surface area contributed by atoms with Gasteiger partial charge < -0.3 is 10.2 Å². The quantitative estimate of drug-likeness (QED) is 0.656. The maximum Gasteiger partial charge on any atom is 0.414 e. The number of fused-ring (bicyclic) bond motifs is 1. The number of carbonyl (C=O) groups is 2. The molecule has 0 fully saturated rings. The van der Waals surface area contributed by atoms with E-state index < -0.39 is 11.9 Å². The zero-order valence-corrected chi connectivity index (χ0v) is 9.01. The highest BCUT2D eigenvalue weighted by molar-refractivity contribution is 6.27. The first-order valence-electron chi connectivity index (χ1n) is 5.02. The van der Waals surface area contributed by atoms with Crippen LogP contribution in [-0.4, -0.2) is 22.2 Å². The van der Waals surface area contributed by atoms with Crippen molar-refractivity contribution < 1.29 is 19.8 Å². The number of hydrogen-bond donors (Lipinski definition) is 2. The number of nitriles is 1. The minimum Gasteiger partial charge on any atom is -0.473 e. The van der Waals surface area contributed by atoms with Crippen molar-refractivity contribution in [1.29, 1.82) is 5.26 Å². The molecule has 0 saturated heterocycles. The minimum absolute atomic E-state index is 0.797. The van der Waals surface area contributed by atoms with Gasteiger partial charge in [-0.15, -0.1) is 0 Å². The van der Waals surface area contributed by atoms with E-state index in [1.165, 1.54) is 24.0 Å². The molecule has 1 aliphatic carbocycles. The highest BCUT2D eigenvalue weighted by atomic mass is 16.4.